The fourth-order valence-corrected chi connectivity index (χ4v) is 3.18. The van der Waals surface area contributed by atoms with Crippen LogP contribution in [0.5, 0.6) is 0 Å². The van der Waals surface area contributed by atoms with E-state index in [2.05, 4.69) is 12.1 Å². The maximum atomic E-state index is 12.4. The summed E-state index contributed by atoms with van der Waals surface area (Å²) < 4.78 is 5.31. The van der Waals surface area contributed by atoms with Crippen LogP contribution in [-0.4, -0.2) is 22.8 Å². The van der Waals surface area contributed by atoms with Crippen molar-refractivity contribution >= 4 is 5.97 Å². The van der Waals surface area contributed by atoms with Gasteiger partial charge in [0.25, 0.3) is 0 Å². The Hall–Kier alpha value is -1.61. The molecule has 0 spiro atoms. The predicted octanol–water partition coefficient (Wildman–Crippen LogP) is 3.83. The minimum atomic E-state index is -1.42. The van der Waals surface area contributed by atoms with Crippen LogP contribution in [0.15, 0.2) is 42.5 Å². The zero-order valence-electron chi connectivity index (χ0n) is 13.7. The van der Waals surface area contributed by atoms with Crippen LogP contribution in [0, 0.1) is 5.92 Å². The van der Waals surface area contributed by atoms with Crippen molar-refractivity contribution in [3.63, 3.8) is 0 Å². The molecule has 0 aromatic heterocycles. The quantitative estimate of drug-likeness (QED) is 0.664. The number of hydrogen-bond acceptors (Lipinski definition) is 3. The molecular weight excluding hydrogens is 276 g/mol. The van der Waals surface area contributed by atoms with E-state index < -0.39 is 11.6 Å². The van der Waals surface area contributed by atoms with Gasteiger partial charge in [0.05, 0.1) is 6.10 Å². The molecule has 3 nitrogen and oxygen atoms in total. The number of aliphatic hydroxyl groups is 1. The Morgan fingerprint density at radius 1 is 1.41 bits per heavy atom. The van der Waals surface area contributed by atoms with Crippen molar-refractivity contribution in [2.24, 2.45) is 5.92 Å². The van der Waals surface area contributed by atoms with Crippen molar-refractivity contribution in [2.75, 3.05) is 0 Å². The highest BCUT2D eigenvalue weighted by atomic mass is 16.6. The molecule has 1 aromatic rings. The summed E-state index contributed by atoms with van der Waals surface area (Å²) >= 11 is 0. The molecule has 1 aliphatic rings. The van der Waals surface area contributed by atoms with Gasteiger partial charge in [-0.25, -0.2) is 4.79 Å². The number of allylic oxidation sites excluding steroid dienone is 1. The van der Waals surface area contributed by atoms with Gasteiger partial charge in [0.15, 0.2) is 5.60 Å². The van der Waals surface area contributed by atoms with Crippen LogP contribution in [0.3, 0.4) is 0 Å². The van der Waals surface area contributed by atoms with Crippen LogP contribution >= 0.6 is 0 Å². The van der Waals surface area contributed by atoms with Gasteiger partial charge >= 0.3 is 5.97 Å². The lowest BCUT2D eigenvalue weighted by molar-refractivity contribution is -0.171. The average molecular weight is 302 g/mol. The molecule has 0 saturated heterocycles. The summed E-state index contributed by atoms with van der Waals surface area (Å²) in [6.45, 7) is 5.66. The molecule has 0 radical (unpaired) electrons. The molecule has 0 bridgehead atoms. The minimum absolute atomic E-state index is 0.178. The SMILES string of the molecule is CC/C=C/[C@H]1CC(c2ccccc2)C[C@]1(O)C(=O)OC(C)C. The maximum absolute atomic E-state index is 12.4. The van der Waals surface area contributed by atoms with Crippen LogP contribution in [0.2, 0.25) is 0 Å². The molecule has 1 N–H and O–H groups in total. The Kier molecular flexibility index (Phi) is 5.41. The molecule has 1 saturated carbocycles. The van der Waals surface area contributed by atoms with Crippen molar-refractivity contribution in [3.8, 4) is 0 Å². The Morgan fingerprint density at radius 2 is 2.09 bits per heavy atom. The summed E-state index contributed by atoms with van der Waals surface area (Å²) in [4.78, 5) is 12.4. The first kappa shape index (κ1) is 16.8. The number of esters is 1. The predicted molar refractivity (Wildman–Crippen MR) is 87.5 cm³/mol. The third-order valence-electron chi connectivity index (χ3n) is 4.28. The number of carbonyl (C=O) groups is 1. The van der Waals surface area contributed by atoms with Gasteiger partial charge in [-0.15, -0.1) is 0 Å². The topological polar surface area (TPSA) is 46.5 Å². The van der Waals surface area contributed by atoms with Gasteiger partial charge < -0.3 is 9.84 Å². The fraction of sp³-hybridized carbons (Fsp3) is 0.526. The molecule has 120 valence electrons. The lowest BCUT2D eigenvalue weighted by Crippen LogP contribution is -2.44. The smallest absolute Gasteiger partial charge is 0.339 e. The highest BCUT2D eigenvalue weighted by molar-refractivity contribution is 5.81. The second-order valence-corrected chi connectivity index (χ2v) is 6.37. The molecule has 3 atom stereocenters. The number of benzene rings is 1. The van der Waals surface area contributed by atoms with Gasteiger partial charge in [-0.3, -0.25) is 0 Å². The molecule has 3 heteroatoms. The maximum Gasteiger partial charge on any atom is 0.339 e. The molecule has 1 aliphatic carbocycles. The zero-order chi connectivity index (χ0) is 16.2. The summed E-state index contributed by atoms with van der Waals surface area (Å²) in [6.07, 6.45) is 5.85. The second kappa shape index (κ2) is 7.10. The molecule has 0 heterocycles. The van der Waals surface area contributed by atoms with E-state index in [1.54, 1.807) is 0 Å². The first-order valence-corrected chi connectivity index (χ1v) is 8.12. The summed E-state index contributed by atoms with van der Waals surface area (Å²) in [7, 11) is 0. The average Bonchev–Trinajstić information content (AvgIpc) is 2.84. The molecule has 1 fully saturated rings. The minimum Gasteiger partial charge on any atom is -0.461 e. The van der Waals surface area contributed by atoms with Gasteiger partial charge in [-0.05, 0) is 44.6 Å². The zero-order valence-corrected chi connectivity index (χ0v) is 13.7. The van der Waals surface area contributed by atoms with Crippen molar-refractivity contribution in [3.05, 3.63) is 48.0 Å². The van der Waals surface area contributed by atoms with Crippen LogP contribution < -0.4 is 0 Å². The lowest BCUT2D eigenvalue weighted by atomic mass is 9.90. The van der Waals surface area contributed by atoms with Gasteiger partial charge in [-0.2, -0.15) is 0 Å². The molecule has 1 unspecified atom stereocenters. The van der Waals surface area contributed by atoms with Gasteiger partial charge in [0.2, 0.25) is 0 Å². The largest absolute Gasteiger partial charge is 0.461 e. The van der Waals surface area contributed by atoms with E-state index in [-0.39, 0.29) is 17.9 Å². The van der Waals surface area contributed by atoms with Crippen molar-refractivity contribution in [1.29, 1.82) is 0 Å². The monoisotopic (exact) mass is 302 g/mol. The van der Waals surface area contributed by atoms with Gasteiger partial charge in [-0.1, -0.05) is 49.4 Å². The number of carbonyl (C=O) groups excluding carboxylic acids is 1. The number of ether oxygens (including phenoxy) is 1. The van der Waals surface area contributed by atoms with Gasteiger partial charge in [0, 0.05) is 5.92 Å². The third kappa shape index (κ3) is 3.58. The van der Waals surface area contributed by atoms with E-state index in [0.29, 0.717) is 6.42 Å². The van der Waals surface area contributed by atoms with Crippen LogP contribution in [0.25, 0.3) is 0 Å². The van der Waals surface area contributed by atoms with Gasteiger partial charge in [0.1, 0.15) is 0 Å². The normalized spacial score (nSPS) is 28.4. The van der Waals surface area contributed by atoms with Crippen molar-refractivity contribution < 1.29 is 14.6 Å². The Balaban J connectivity index is 2.25. The van der Waals surface area contributed by atoms with Crippen molar-refractivity contribution in [2.45, 2.75) is 57.7 Å². The summed E-state index contributed by atoms with van der Waals surface area (Å²) in [5.74, 6) is -0.506. The summed E-state index contributed by atoms with van der Waals surface area (Å²) in [5.41, 5.74) is -0.248. The second-order valence-electron chi connectivity index (χ2n) is 6.37. The lowest BCUT2D eigenvalue weighted by Gasteiger charge is -2.27. The fourth-order valence-electron chi connectivity index (χ4n) is 3.18. The first-order chi connectivity index (χ1) is 10.5. The highest BCUT2D eigenvalue weighted by Gasteiger charge is 2.52. The standard InChI is InChI=1S/C19H26O3/c1-4-5-11-17-12-16(15-9-7-6-8-10-15)13-19(17,21)18(20)22-14(2)3/h5-11,14,16-17,21H,4,12-13H2,1-3H3/b11-5+/t16?,17-,19+/m0/s1. The molecular formula is C19H26O3. The Bertz CT molecular complexity index is 521. The molecule has 2 rings (SSSR count). The van der Waals surface area contributed by atoms with E-state index >= 15 is 0 Å². The van der Waals surface area contributed by atoms with Crippen LogP contribution in [-0.2, 0) is 9.53 Å². The Labute approximate surface area is 133 Å². The summed E-state index contributed by atoms with van der Waals surface area (Å²) in [5, 5.41) is 11.0. The third-order valence-corrected chi connectivity index (χ3v) is 4.28. The number of hydrogen-bond donors (Lipinski definition) is 1. The van der Waals surface area contributed by atoms with E-state index in [1.165, 1.54) is 5.56 Å². The Morgan fingerprint density at radius 3 is 2.68 bits per heavy atom. The summed E-state index contributed by atoms with van der Waals surface area (Å²) in [6, 6.07) is 10.1. The van der Waals surface area contributed by atoms with Crippen LogP contribution in [0.4, 0.5) is 0 Å². The molecule has 1 aromatic carbocycles. The van der Waals surface area contributed by atoms with E-state index in [9.17, 15) is 9.90 Å². The molecule has 0 aliphatic heterocycles. The highest BCUT2D eigenvalue weighted by Crippen LogP contribution is 2.46. The van der Waals surface area contributed by atoms with E-state index in [0.717, 1.165) is 12.8 Å². The first-order valence-electron chi connectivity index (χ1n) is 8.12. The van der Waals surface area contributed by atoms with E-state index in [1.807, 2.05) is 51.1 Å². The van der Waals surface area contributed by atoms with Crippen molar-refractivity contribution in [1.82, 2.24) is 0 Å². The number of rotatable bonds is 5. The van der Waals surface area contributed by atoms with E-state index in [4.69, 9.17) is 4.74 Å². The molecule has 0 amide bonds. The van der Waals surface area contributed by atoms with Crippen LogP contribution in [0.1, 0.15) is 51.5 Å². The molecule has 22 heavy (non-hydrogen) atoms.